The summed E-state index contributed by atoms with van der Waals surface area (Å²) in [4.78, 5) is 43.9. The molecule has 3 aromatic rings. The van der Waals surface area contributed by atoms with Crippen molar-refractivity contribution in [3.63, 3.8) is 0 Å². The van der Waals surface area contributed by atoms with Crippen molar-refractivity contribution in [1.29, 1.82) is 0 Å². The number of hydrogen-bond donors (Lipinski definition) is 1. The van der Waals surface area contributed by atoms with E-state index in [0.717, 1.165) is 12.8 Å². The number of amides is 1. The number of anilines is 1. The lowest BCUT2D eigenvalue weighted by Crippen LogP contribution is -2.66. The summed E-state index contributed by atoms with van der Waals surface area (Å²) in [6, 6.07) is 5.92. The van der Waals surface area contributed by atoms with E-state index < -0.39 is 22.7 Å². The zero-order valence-electron chi connectivity index (χ0n) is 26.4. The number of nitrogens with one attached hydrogen (secondary N) is 1. The van der Waals surface area contributed by atoms with Crippen LogP contribution in [0.5, 0.6) is 5.75 Å². The van der Waals surface area contributed by atoms with Crippen LogP contribution in [0.25, 0.3) is 10.9 Å². The summed E-state index contributed by atoms with van der Waals surface area (Å²) in [5, 5.41) is 3.70. The number of aromatic nitrogens is 1. The normalized spacial score (nSPS) is 19.1. The molecule has 9 nitrogen and oxygen atoms in total. The first kappa shape index (κ1) is 33.0. The van der Waals surface area contributed by atoms with Crippen molar-refractivity contribution in [3.05, 3.63) is 67.7 Å². The highest BCUT2D eigenvalue weighted by atomic mass is 35.5. The van der Waals surface area contributed by atoms with E-state index in [0.29, 0.717) is 34.2 Å². The molecule has 0 bridgehead atoms. The molecule has 2 aromatic carbocycles. The van der Waals surface area contributed by atoms with Crippen LogP contribution in [0.3, 0.4) is 0 Å². The van der Waals surface area contributed by atoms with Crippen LogP contribution in [0, 0.1) is 5.82 Å². The molecular weight excluding hydrogens is 622 g/mol. The molecule has 1 aliphatic carbocycles. The molecular formula is C33H39Cl2FN4O5. The number of fused-ring (bicyclic) bond motifs is 1. The molecule has 1 saturated carbocycles. The fraction of sp³-hybridized carbons (Fsp3) is 0.485. The number of pyridine rings is 1. The third-order valence-corrected chi connectivity index (χ3v) is 9.28. The van der Waals surface area contributed by atoms with E-state index in [9.17, 15) is 14.4 Å². The van der Waals surface area contributed by atoms with Gasteiger partial charge in [-0.2, -0.15) is 0 Å². The fourth-order valence-electron chi connectivity index (χ4n) is 6.69. The molecule has 45 heavy (non-hydrogen) atoms. The average molecular weight is 662 g/mol. The molecule has 1 amide bonds. The number of nitrogens with zero attached hydrogens (tertiary/aromatic N) is 3. The van der Waals surface area contributed by atoms with E-state index in [4.69, 9.17) is 32.7 Å². The summed E-state index contributed by atoms with van der Waals surface area (Å²) >= 11 is 12.2. The molecule has 2 atom stereocenters. The molecule has 2 aliphatic rings. The van der Waals surface area contributed by atoms with Gasteiger partial charge in [0, 0.05) is 54.0 Å². The minimum absolute atomic E-state index is 0.0395. The van der Waals surface area contributed by atoms with Crippen LogP contribution in [-0.2, 0) is 16.1 Å². The lowest BCUT2D eigenvalue weighted by molar-refractivity contribution is -0.159. The van der Waals surface area contributed by atoms with Gasteiger partial charge in [-0.05, 0) is 71.2 Å². The number of carbonyl (C=O) groups excluding carboxylic acids is 2. The Kier molecular flexibility index (Phi) is 9.40. The summed E-state index contributed by atoms with van der Waals surface area (Å²) in [5.74, 6) is -1.28. The molecule has 1 N–H and O–H groups in total. The minimum atomic E-state index is -0.880. The van der Waals surface area contributed by atoms with Crippen LogP contribution in [0.2, 0.25) is 10.0 Å². The number of piperazine rings is 1. The van der Waals surface area contributed by atoms with Crippen molar-refractivity contribution in [2.75, 3.05) is 31.7 Å². The SMILES string of the molecule is CCOC(=O)C(C)(C)N1[C@H](C)CN(c2c(F)cc3c(=O)c(C(=O)NCc4ccc(Cl)cc4Cl)cn(C4CC4)c3c2OC)C[C@@H]1C. The largest absolute Gasteiger partial charge is 0.492 e. The Bertz CT molecular complexity index is 1690. The molecule has 1 aliphatic heterocycles. The van der Waals surface area contributed by atoms with E-state index in [1.807, 2.05) is 37.2 Å². The first-order valence-electron chi connectivity index (χ1n) is 15.2. The molecule has 12 heteroatoms. The van der Waals surface area contributed by atoms with Crippen LogP contribution in [0.15, 0.2) is 35.3 Å². The van der Waals surface area contributed by atoms with Crippen molar-refractivity contribution in [2.45, 2.75) is 77.7 Å². The predicted molar refractivity (Wildman–Crippen MR) is 174 cm³/mol. The number of methoxy groups -OCH3 is 1. The Morgan fingerprint density at radius 3 is 2.36 bits per heavy atom. The summed E-state index contributed by atoms with van der Waals surface area (Å²) in [6.07, 6.45) is 3.26. The second kappa shape index (κ2) is 12.8. The number of esters is 1. The molecule has 0 radical (unpaired) electrons. The van der Waals surface area contributed by atoms with Crippen molar-refractivity contribution in [1.82, 2.24) is 14.8 Å². The highest BCUT2D eigenvalue weighted by Gasteiger charge is 2.45. The smallest absolute Gasteiger partial charge is 0.325 e. The van der Waals surface area contributed by atoms with Gasteiger partial charge >= 0.3 is 5.97 Å². The number of carbonyl (C=O) groups is 2. The van der Waals surface area contributed by atoms with Gasteiger partial charge in [-0.3, -0.25) is 19.3 Å². The van der Waals surface area contributed by atoms with Crippen LogP contribution in [-0.4, -0.2) is 65.8 Å². The summed E-state index contributed by atoms with van der Waals surface area (Å²) in [6.45, 7) is 10.7. The van der Waals surface area contributed by atoms with Crippen LogP contribution in [0.4, 0.5) is 10.1 Å². The molecule has 5 rings (SSSR count). The standard InChI is InChI=1S/C33H39Cl2FN4O5/c1-7-45-32(43)33(4,5)40-18(2)15-38(16-19(40)3)28-26(36)13-23-27(30(28)44-6)39(22-10-11-22)17-24(29(23)41)31(42)37-14-20-8-9-21(34)12-25(20)35/h8-9,12-13,17-19,22H,7,10-11,14-16H2,1-6H3,(H,37,42)/t18-,19+. The van der Waals surface area contributed by atoms with E-state index in [1.165, 1.54) is 13.2 Å². The zero-order chi connectivity index (χ0) is 32.8. The maximum absolute atomic E-state index is 16.2. The molecule has 0 unspecified atom stereocenters. The first-order valence-corrected chi connectivity index (χ1v) is 15.9. The number of hydrogen-bond acceptors (Lipinski definition) is 7. The maximum atomic E-state index is 16.2. The van der Waals surface area contributed by atoms with Gasteiger partial charge < -0.3 is 24.3 Å². The predicted octanol–water partition coefficient (Wildman–Crippen LogP) is 5.96. The lowest BCUT2D eigenvalue weighted by Gasteiger charge is -2.51. The maximum Gasteiger partial charge on any atom is 0.325 e. The molecule has 1 saturated heterocycles. The van der Waals surface area contributed by atoms with Gasteiger partial charge in [0.2, 0.25) is 5.43 Å². The van der Waals surface area contributed by atoms with E-state index >= 15 is 4.39 Å². The van der Waals surface area contributed by atoms with E-state index in [-0.39, 0.29) is 59.6 Å². The Morgan fingerprint density at radius 2 is 1.78 bits per heavy atom. The van der Waals surface area contributed by atoms with Crippen molar-refractivity contribution < 1.29 is 23.5 Å². The average Bonchev–Trinajstić information content (AvgIpc) is 3.81. The monoisotopic (exact) mass is 660 g/mol. The molecule has 242 valence electrons. The second-order valence-electron chi connectivity index (χ2n) is 12.4. The van der Waals surface area contributed by atoms with Crippen molar-refractivity contribution in [2.24, 2.45) is 0 Å². The molecule has 2 fully saturated rings. The number of ether oxygens (including phenoxy) is 2. The van der Waals surface area contributed by atoms with E-state index in [1.54, 1.807) is 31.3 Å². The summed E-state index contributed by atoms with van der Waals surface area (Å²) < 4.78 is 29.3. The number of benzene rings is 2. The first-order chi connectivity index (χ1) is 21.3. The Labute approximate surface area is 272 Å². The minimum Gasteiger partial charge on any atom is -0.492 e. The highest BCUT2D eigenvalue weighted by molar-refractivity contribution is 6.35. The zero-order valence-corrected chi connectivity index (χ0v) is 27.9. The van der Waals surface area contributed by atoms with Gasteiger partial charge in [-0.1, -0.05) is 29.3 Å². The third-order valence-electron chi connectivity index (χ3n) is 8.70. The van der Waals surface area contributed by atoms with Crippen molar-refractivity contribution >= 4 is 51.7 Å². The van der Waals surface area contributed by atoms with E-state index in [2.05, 4.69) is 10.2 Å². The summed E-state index contributed by atoms with van der Waals surface area (Å²) in [5.41, 5.74) is -0.216. The number of rotatable bonds is 9. The third kappa shape index (κ3) is 6.24. The fourth-order valence-corrected chi connectivity index (χ4v) is 7.17. The highest BCUT2D eigenvalue weighted by Crippen LogP contribution is 2.44. The Balaban J connectivity index is 1.52. The topological polar surface area (TPSA) is 93.1 Å². The molecule has 1 aromatic heterocycles. The van der Waals surface area contributed by atoms with Crippen molar-refractivity contribution in [3.8, 4) is 5.75 Å². The quantitative estimate of drug-likeness (QED) is 0.283. The Morgan fingerprint density at radius 1 is 1.11 bits per heavy atom. The lowest BCUT2D eigenvalue weighted by atomic mass is 9.94. The van der Waals surface area contributed by atoms with Crippen LogP contribution < -0.4 is 20.4 Å². The van der Waals surface area contributed by atoms with Gasteiger partial charge in [-0.25, -0.2) is 4.39 Å². The van der Waals surface area contributed by atoms with Gasteiger partial charge in [0.1, 0.15) is 16.8 Å². The molecule has 0 spiro atoms. The number of halogens is 3. The van der Waals surface area contributed by atoms with Crippen LogP contribution in [0.1, 0.15) is 69.4 Å². The van der Waals surface area contributed by atoms with Gasteiger partial charge in [0.25, 0.3) is 5.91 Å². The molecule has 2 heterocycles. The summed E-state index contributed by atoms with van der Waals surface area (Å²) in [7, 11) is 1.46. The Hall–Kier alpha value is -3.34. The van der Waals surface area contributed by atoms with Gasteiger partial charge in [0.15, 0.2) is 11.6 Å². The van der Waals surface area contributed by atoms with Crippen LogP contribution >= 0.6 is 23.2 Å². The second-order valence-corrected chi connectivity index (χ2v) is 13.2. The van der Waals surface area contributed by atoms with Gasteiger partial charge in [-0.15, -0.1) is 0 Å². The van der Waals surface area contributed by atoms with Gasteiger partial charge in [0.05, 0.1) is 24.6 Å².